The lowest BCUT2D eigenvalue weighted by Gasteiger charge is -2.33. The molecule has 0 saturated carbocycles. The van der Waals surface area contributed by atoms with Crippen LogP contribution in [0.15, 0.2) is 59.1 Å². The number of carbonyl (C=O) groups is 2. The highest BCUT2D eigenvalue weighted by Gasteiger charge is 2.45. The standard InChI is InChI=1S/C24H24FN3O4/c1-16-14-21(32-27-16)15-22(29)28-13-3-12-24(28,2)23(30)26-18-6-10-20(11-7-18)31-19-8-4-17(25)5-9-19/h4-11,14H,3,12-13,15H2,1-2H3,(H,26,30). The molecule has 1 saturated heterocycles. The Hall–Kier alpha value is -3.68. The van der Waals surface area contributed by atoms with Crippen LogP contribution in [0.1, 0.15) is 31.2 Å². The van der Waals surface area contributed by atoms with Crippen molar-refractivity contribution in [2.75, 3.05) is 11.9 Å². The minimum absolute atomic E-state index is 0.0686. The molecule has 2 aromatic carbocycles. The van der Waals surface area contributed by atoms with E-state index in [1.54, 1.807) is 49.1 Å². The van der Waals surface area contributed by atoms with Crippen LogP contribution in [-0.2, 0) is 16.0 Å². The van der Waals surface area contributed by atoms with Crippen LogP contribution >= 0.6 is 0 Å². The number of aryl methyl sites for hydroxylation is 1. The van der Waals surface area contributed by atoms with Crippen LogP contribution in [-0.4, -0.2) is 34.0 Å². The third-order valence-electron chi connectivity index (χ3n) is 5.60. The third-order valence-corrected chi connectivity index (χ3v) is 5.60. The first-order valence-corrected chi connectivity index (χ1v) is 10.4. The van der Waals surface area contributed by atoms with Crippen LogP contribution in [0.5, 0.6) is 11.5 Å². The minimum Gasteiger partial charge on any atom is -0.457 e. The second-order valence-corrected chi connectivity index (χ2v) is 8.07. The minimum atomic E-state index is -0.949. The van der Waals surface area contributed by atoms with Gasteiger partial charge >= 0.3 is 0 Å². The Labute approximate surface area is 185 Å². The van der Waals surface area contributed by atoms with E-state index in [9.17, 15) is 14.0 Å². The number of halogens is 1. The first-order valence-electron chi connectivity index (χ1n) is 10.4. The monoisotopic (exact) mass is 437 g/mol. The zero-order valence-electron chi connectivity index (χ0n) is 17.9. The number of nitrogens with zero attached hydrogens (tertiary/aromatic N) is 2. The molecule has 3 aromatic rings. The Morgan fingerprint density at radius 3 is 2.44 bits per heavy atom. The van der Waals surface area contributed by atoms with E-state index in [-0.39, 0.29) is 24.1 Å². The van der Waals surface area contributed by atoms with Crippen LogP contribution in [0.4, 0.5) is 10.1 Å². The molecule has 0 radical (unpaired) electrons. The summed E-state index contributed by atoms with van der Waals surface area (Å²) in [5.41, 5.74) is 0.351. The second kappa shape index (κ2) is 8.82. The lowest BCUT2D eigenvalue weighted by molar-refractivity contribution is -0.141. The Morgan fingerprint density at radius 2 is 1.81 bits per heavy atom. The van der Waals surface area contributed by atoms with Gasteiger partial charge in [0.05, 0.1) is 12.1 Å². The number of ether oxygens (including phenoxy) is 1. The van der Waals surface area contributed by atoms with Crippen molar-refractivity contribution in [2.45, 2.75) is 38.6 Å². The molecule has 1 atom stereocenters. The Kier molecular flexibility index (Phi) is 5.94. The fraction of sp³-hybridized carbons (Fsp3) is 0.292. The third kappa shape index (κ3) is 4.64. The zero-order chi connectivity index (χ0) is 22.7. The molecule has 0 spiro atoms. The number of rotatable bonds is 6. The number of hydrogen-bond acceptors (Lipinski definition) is 5. The zero-order valence-corrected chi connectivity index (χ0v) is 17.9. The normalized spacial score (nSPS) is 17.9. The van der Waals surface area contributed by atoms with E-state index in [4.69, 9.17) is 9.26 Å². The van der Waals surface area contributed by atoms with Crippen LogP contribution in [0.3, 0.4) is 0 Å². The largest absolute Gasteiger partial charge is 0.457 e. The van der Waals surface area contributed by atoms with Gasteiger partial charge in [-0.3, -0.25) is 9.59 Å². The summed E-state index contributed by atoms with van der Waals surface area (Å²) in [6.07, 6.45) is 1.39. The summed E-state index contributed by atoms with van der Waals surface area (Å²) in [4.78, 5) is 27.6. The molecule has 0 bridgehead atoms. The number of likely N-dealkylation sites (tertiary alicyclic amines) is 1. The molecule has 1 unspecified atom stereocenters. The first-order chi connectivity index (χ1) is 15.3. The summed E-state index contributed by atoms with van der Waals surface area (Å²) in [6.45, 7) is 4.09. The predicted octanol–water partition coefficient (Wildman–Crippen LogP) is 4.48. The van der Waals surface area contributed by atoms with Crippen molar-refractivity contribution in [3.63, 3.8) is 0 Å². The van der Waals surface area contributed by atoms with Crippen molar-refractivity contribution >= 4 is 17.5 Å². The molecule has 0 aliphatic carbocycles. The van der Waals surface area contributed by atoms with Crippen molar-refractivity contribution in [3.05, 3.63) is 71.9 Å². The van der Waals surface area contributed by atoms with Gasteiger partial charge in [0.2, 0.25) is 11.8 Å². The molecule has 166 valence electrons. The summed E-state index contributed by atoms with van der Waals surface area (Å²) >= 11 is 0. The van der Waals surface area contributed by atoms with Gasteiger partial charge in [0, 0.05) is 18.3 Å². The fourth-order valence-corrected chi connectivity index (χ4v) is 3.85. The van der Waals surface area contributed by atoms with E-state index in [1.807, 2.05) is 0 Å². The number of anilines is 1. The maximum absolute atomic E-state index is 13.1. The summed E-state index contributed by atoms with van der Waals surface area (Å²) in [5.74, 6) is 0.806. The molecule has 1 aromatic heterocycles. The molecule has 1 fully saturated rings. The van der Waals surface area contributed by atoms with E-state index in [0.29, 0.717) is 41.6 Å². The smallest absolute Gasteiger partial charge is 0.250 e. The lowest BCUT2D eigenvalue weighted by atomic mass is 9.97. The Bertz CT molecular complexity index is 1110. The van der Waals surface area contributed by atoms with E-state index in [0.717, 1.165) is 6.42 Å². The Morgan fingerprint density at radius 1 is 1.16 bits per heavy atom. The van der Waals surface area contributed by atoms with Crippen LogP contribution < -0.4 is 10.1 Å². The van der Waals surface area contributed by atoms with Crippen molar-refractivity contribution in [2.24, 2.45) is 0 Å². The van der Waals surface area contributed by atoms with Gasteiger partial charge < -0.3 is 19.5 Å². The number of hydrogen-bond donors (Lipinski definition) is 1. The molecular weight excluding hydrogens is 413 g/mol. The Balaban J connectivity index is 1.40. The average Bonchev–Trinajstić information content (AvgIpc) is 3.37. The fourth-order valence-electron chi connectivity index (χ4n) is 3.85. The molecule has 8 heteroatoms. The highest BCUT2D eigenvalue weighted by atomic mass is 19.1. The van der Waals surface area contributed by atoms with Gasteiger partial charge in [0.25, 0.3) is 0 Å². The predicted molar refractivity (Wildman–Crippen MR) is 116 cm³/mol. The number of amides is 2. The van der Waals surface area contributed by atoms with Gasteiger partial charge in [-0.1, -0.05) is 5.16 Å². The van der Waals surface area contributed by atoms with E-state index >= 15 is 0 Å². The van der Waals surface area contributed by atoms with Crippen molar-refractivity contribution in [1.29, 1.82) is 0 Å². The van der Waals surface area contributed by atoms with Crippen molar-refractivity contribution in [1.82, 2.24) is 10.1 Å². The first kappa shape index (κ1) is 21.5. The van der Waals surface area contributed by atoms with E-state index in [2.05, 4.69) is 10.5 Å². The van der Waals surface area contributed by atoms with Gasteiger partial charge in [-0.2, -0.15) is 0 Å². The molecule has 2 amide bonds. The maximum atomic E-state index is 13.1. The highest BCUT2D eigenvalue weighted by molar-refractivity contribution is 6.00. The average molecular weight is 437 g/mol. The highest BCUT2D eigenvalue weighted by Crippen LogP contribution is 2.32. The van der Waals surface area contributed by atoms with Crippen LogP contribution in [0.2, 0.25) is 0 Å². The summed E-state index contributed by atoms with van der Waals surface area (Å²) in [6, 6.07) is 14.3. The number of benzene rings is 2. The molecule has 2 heterocycles. The number of nitrogens with one attached hydrogen (secondary N) is 1. The molecule has 32 heavy (non-hydrogen) atoms. The summed E-state index contributed by atoms with van der Waals surface area (Å²) in [7, 11) is 0. The molecule has 1 aliphatic rings. The maximum Gasteiger partial charge on any atom is 0.250 e. The van der Waals surface area contributed by atoms with Gasteiger partial charge in [0.15, 0.2) is 0 Å². The number of carbonyl (C=O) groups excluding carboxylic acids is 2. The van der Waals surface area contributed by atoms with E-state index < -0.39 is 5.54 Å². The lowest BCUT2D eigenvalue weighted by Crippen LogP contribution is -2.53. The van der Waals surface area contributed by atoms with Crippen LogP contribution in [0, 0.1) is 12.7 Å². The van der Waals surface area contributed by atoms with Gasteiger partial charge in [-0.05, 0) is 75.2 Å². The quantitative estimate of drug-likeness (QED) is 0.615. The molecule has 1 aliphatic heterocycles. The van der Waals surface area contributed by atoms with Gasteiger partial charge in [-0.25, -0.2) is 4.39 Å². The summed E-state index contributed by atoms with van der Waals surface area (Å²) in [5, 5.41) is 6.71. The molecule has 4 rings (SSSR count). The van der Waals surface area contributed by atoms with Gasteiger partial charge in [-0.15, -0.1) is 0 Å². The van der Waals surface area contributed by atoms with Crippen molar-refractivity contribution in [3.8, 4) is 11.5 Å². The van der Waals surface area contributed by atoms with Crippen molar-refractivity contribution < 1.29 is 23.2 Å². The molecule has 7 nitrogen and oxygen atoms in total. The molecule has 1 N–H and O–H groups in total. The van der Waals surface area contributed by atoms with Gasteiger partial charge in [0.1, 0.15) is 28.6 Å². The van der Waals surface area contributed by atoms with E-state index in [1.165, 1.54) is 24.3 Å². The molecular formula is C24H24FN3O4. The van der Waals surface area contributed by atoms with Crippen LogP contribution in [0.25, 0.3) is 0 Å². The topological polar surface area (TPSA) is 84.7 Å². The summed E-state index contributed by atoms with van der Waals surface area (Å²) < 4.78 is 23.8. The second-order valence-electron chi connectivity index (χ2n) is 8.07. The SMILES string of the molecule is Cc1cc(CC(=O)N2CCCC2(C)C(=O)Nc2ccc(Oc3ccc(F)cc3)cc2)on1. The number of aromatic nitrogens is 1.